The van der Waals surface area contributed by atoms with E-state index in [-0.39, 0.29) is 11.3 Å². The molecule has 0 heterocycles. The summed E-state index contributed by atoms with van der Waals surface area (Å²) in [7, 11) is 0. The molecule has 0 spiro atoms. The van der Waals surface area contributed by atoms with E-state index >= 15 is 0 Å². The topological polar surface area (TPSA) is 78.7 Å². The average molecular weight is 279 g/mol. The minimum Gasteiger partial charge on any atom is -0.460 e. The molecule has 0 bridgehead atoms. The maximum absolute atomic E-state index is 11.8. The molecule has 0 N–H and O–H groups in total. The van der Waals surface area contributed by atoms with Crippen molar-refractivity contribution in [3.05, 3.63) is 33.9 Å². The van der Waals surface area contributed by atoms with E-state index in [4.69, 9.17) is 4.74 Å². The predicted molar refractivity (Wildman–Crippen MR) is 56.0 cm³/mol. The maximum atomic E-state index is 11.8. The summed E-state index contributed by atoms with van der Waals surface area (Å²) >= 11 is 0. The molecule has 9 heteroatoms. The SMILES string of the molecule is O=Cc1ccc(OCOCC(F)(F)F)c([N+](=O)[O-])c1. The lowest BCUT2D eigenvalue weighted by molar-refractivity contribution is -0.386. The van der Waals surface area contributed by atoms with Crippen molar-refractivity contribution in [1.82, 2.24) is 0 Å². The number of hydrogen-bond acceptors (Lipinski definition) is 5. The van der Waals surface area contributed by atoms with Crippen molar-refractivity contribution < 1.29 is 32.4 Å². The van der Waals surface area contributed by atoms with Crippen molar-refractivity contribution >= 4 is 12.0 Å². The van der Waals surface area contributed by atoms with Crippen LogP contribution in [0.4, 0.5) is 18.9 Å². The highest BCUT2D eigenvalue weighted by Crippen LogP contribution is 2.27. The van der Waals surface area contributed by atoms with Gasteiger partial charge in [0.15, 0.2) is 12.5 Å². The van der Waals surface area contributed by atoms with Crippen molar-refractivity contribution in [3.8, 4) is 5.75 Å². The van der Waals surface area contributed by atoms with Gasteiger partial charge in [-0.2, -0.15) is 13.2 Å². The Hall–Kier alpha value is -2.16. The first-order chi connectivity index (χ1) is 8.83. The molecule has 19 heavy (non-hydrogen) atoms. The third-order valence-electron chi connectivity index (χ3n) is 1.88. The van der Waals surface area contributed by atoms with Gasteiger partial charge in [-0.25, -0.2) is 0 Å². The van der Waals surface area contributed by atoms with E-state index in [1.807, 2.05) is 0 Å². The highest BCUT2D eigenvalue weighted by atomic mass is 19.4. The molecule has 1 aromatic carbocycles. The van der Waals surface area contributed by atoms with Gasteiger partial charge in [0.2, 0.25) is 0 Å². The molecule has 0 unspecified atom stereocenters. The van der Waals surface area contributed by atoms with Gasteiger partial charge in [0.25, 0.3) is 0 Å². The van der Waals surface area contributed by atoms with Gasteiger partial charge in [0, 0.05) is 11.6 Å². The van der Waals surface area contributed by atoms with E-state index in [2.05, 4.69) is 4.74 Å². The number of carbonyl (C=O) groups excluding carboxylic acids is 1. The normalized spacial score (nSPS) is 11.1. The van der Waals surface area contributed by atoms with Crippen LogP contribution in [-0.4, -0.2) is 30.8 Å². The number of carbonyl (C=O) groups is 1. The largest absolute Gasteiger partial charge is 0.460 e. The van der Waals surface area contributed by atoms with Gasteiger partial charge in [0.05, 0.1) is 4.92 Å². The van der Waals surface area contributed by atoms with Crippen molar-refractivity contribution in [2.45, 2.75) is 6.18 Å². The van der Waals surface area contributed by atoms with Gasteiger partial charge in [-0.15, -0.1) is 0 Å². The molecule has 0 atom stereocenters. The molecule has 104 valence electrons. The smallest absolute Gasteiger partial charge is 0.411 e. The summed E-state index contributed by atoms with van der Waals surface area (Å²) in [6.07, 6.45) is -4.10. The van der Waals surface area contributed by atoms with Crippen LogP contribution in [0.1, 0.15) is 10.4 Å². The Labute approximate surface area is 104 Å². The zero-order valence-corrected chi connectivity index (χ0v) is 9.35. The minimum atomic E-state index is -4.50. The second kappa shape index (κ2) is 6.14. The van der Waals surface area contributed by atoms with E-state index in [1.54, 1.807) is 0 Å². The molecule has 0 radical (unpaired) electrons. The fourth-order valence-corrected chi connectivity index (χ4v) is 1.13. The van der Waals surface area contributed by atoms with Crippen LogP contribution in [0.15, 0.2) is 18.2 Å². The Bertz CT molecular complexity index is 475. The van der Waals surface area contributed by atoms with Crippen molar-refractivity contribution in [3.63, 3.8) is 0 Å². The zero-order chi connectivity index (χ0) is 14.5. The molecular formula is C10H8F3NO5. The van der Waals surface area contributed by atoms with Crippen LogP contribution in [-0.2, 0) is 4.74 Å². The standard InChI is InChI=1S/C10H8F3NO5/c11-10(12,13)5-18-6-19-9-2-1-7(4-15)3-8(9)14(16)17/h1-4H,5-6H2. The lowest BCUT2D eigenvalue weighted by Crippen LogP contribution is -2.19. The number of benzene rings is 1. The summed E-state index contributed by atoms with van der Waals surface area (Å²) < 4.78 is 44.1. The summed E-state index contributed by atoms with van der Waals surface area (Å²) in [5.41, 5.74) is -0.476. The molecule has 0 amide bonds. The number of nitrogens with zero attached hydrogens (tertiary/aromatic N) is 1. The summed E-state index contributed by atoms with van der Waals surface area (Å²) in [4.78, 5) is 20.3. The second-order valence-electron chi connectivity index (χ2n) is 3.33. The highest BCUT2D eigenvalue weighted by molar-refractivity contribution is 5.77. The Kier molecular flexibility index (Phi) is 4.81. The molecule has 1 aromatic rings. The summed E-state index contributed by atoms with van der Waals surface area (Å²) in [6, 6.07) is 3.30. The van der Waals surface area contributed by atoms with Crippen molar-refractivity contribution in [2.24, 2.45) is 0 Å². The lowest BCUT2D eigenvalue weighted by atomic mass is 10.2. The number of rotatable bonds is 6. The van der Waals surface area contributed by atoms with Crippen LogP contribution in [0.5, 0.6) is 5.75 Å². The number of alkyl halides is 3. The lowest BCUT2D eigenvalue weighted by Gasteiger charge is -2.09. The summed E-state index contributed by atoms with van der Waals surface area (Å²) in [5.74, 6) is -0.280. The van der Waals surface area contributed by atoms with Gasteiger partial charge >= 0.3 is 11.9 Å². The number of nitro benzene ring substituents is 1. The second-order valence-corrected chi connectivity index (χ2v) is 3.33. The predicted octanol–water partition coefficient (Wildman–Crippen LogP) is 2.32. The van der Waals surface area contributed by atoms with Crippen molar-refractivity contribution in [1.29, 1.82) is 0 Å². The number of ether oxygens (including phenoxy) is 2. The number of nitro groups is 1. The highest BCUT2D eigenvalue weighted by Gasteiger charge is 2.27. The van der Waals surface area contributed by atoms with Crippen molar-refractivity contribution in [2.75, 3.05) is 13.4 Å². The first-order valence-corrected chi connectivity index (χ1v) is 4.84. The molecule has 0 saturated heterocycles. The van der Waals surface area contributed by atoms with Gasteiger partial charge < -0.3 is 9.47 Å². The van der Waals surface area contributed by atoms with E-state index in [9.17, 15) is 28.1 Å². The summed E-state index contributed by atoms with van der Waals surface area (Å²) in [6.45, 7) is -2.31. The van der Waals surface area contributed by atoms with Crippen LogP contribution in [0, 0.1) is 10.1 Å². The molecule has 6 nitrogen and oxygen atoms in total. The number of hydrogen-bond donors (Lipinski definition) is 0. The van der Waals surface area contributed by atoms with Gasteiger partial charge in [0.1, 0.15) is 12.9 Å². The first kappa shape index (κ1) is 14.9. The fourth-order valence-electron chi connectivity index (χ4n) is 1.13. The molecule has 1 rings (SSSR count). The Morgan fingerprint density at radius 2 is 2.05 bits per heavy atom. The Morgan fingerprint density at radius 1 is 1.37 bits per heavy atom. The van der Waals surface area contributed by atoms with E-state index in [0.29, 0.717) is 6.29 Å². The fraction of sp³-hybridized carbons (Fsp3) is 0.300. The van der Waals surface area contributed by atoms with Crippen LogP contribution in [0.25, 0.3) is 0 Å². The quantitative estimate of drug-likeness (QED) is 0.262. The van der Waals surface area contributed by atoms with Gasteiger partial charge in [-0.1, -0.05) is 0 Å². The van der Waals surface area contributed by atoms with Crippen LogP contribution in [0.2, 0.25) is 0 Å². The maximum Gasteiger partial charge on any atom is 0.411 e. The molecular weight excluding hydrogens is 271 g/mol. The molecule has 0 aromatic heterocycles. The van der Waals surface area contributed by atoms with Crippen LogP contribution < -0.4 is 4.74 Å². The third-order valence-corrected chi connectivity index (χ3v) is 1.88. The minimum absolute atomic E-state index is 0.0512. The third kappa shape index (κ3) is 4.92. The van der Waals surface area contributed by atoms with E-state index in [0.717, 1.165) is 12.1 Å². The van der Waals surface area contributed by atoms with Gasteiger partial charge in [-0.3, -0.25) is 14.9 Å². The zero-order valence-electron chi connectivity index (χ0n) is 9.35. The molecule has 0 fully saturated rings. The van der Waals surface area contributed by atoms with Crippen LogP contribution >= 0.6 is 0 Å². The monoisotopic (exact) mass is 279 g/mol. The van der Waals surface area contributed by atoms with Crippen LogP contribution in [0.3, 0.4) is 0 Å². The Morgan fingerprint density at radius 3 is 2.58 bits per heavy atom. The van der Waals surface area contributed by atoms with E-state index < -0.39 is 30.2 Å². The number of halogens is 3. The molecule has 0 aliphatic carbocycles. The van der Waals surface area contributed by atoms with E-state index in [1.165, 1.54) is 6.07 Å². The molecule has 0 saturated carbocycles. The average Bonchev–Trinajstić information content (AvgIpc) is 2.33. The molecule has 0 aliphatic heterocycles. The Balaban J connectivity index is 2.67. The summed E-state index contributed by atoms with van der Waals surface area (Å²) in [5, 5.41) is 10.7. The first-order valence-electron chi connectivity index (χ1n) is 4.84. The van der Waals surface area contributed by atoms with Gasteiger partial charge in [-0.05, 0) is 12.1 Å². The molecule has 0 aliphatic rings. The number of aldehydes is 1.